The molecule has 0 saturated carbocycles. The topological polar surface area (TPSA) is 69.7 Å². The zero-order chi connectivity index (χ0) is 20.5. The molecule has 6 nitrogen and oxygen atoms in total. The van der Waals surface area contributed by atoms with Gasteiger partial charge in [0.25, 0.3) is 0 Å². The van der Waals surface area contributed by atoms with Crippen LogP contribution in [0, 0.1) is 18.8 Å². The lowest BCUT2D eigenvalue weighted by Crippen LogP contribution is -2.46. The summed E-state index contributed by atoms with van der Waals surface area (Å²) in [6.07, 6.45) is 1.62. The molecule has 6 heteroatoms. The van der Waals surface area contributed by atoms with Gasteiger partial charge in [-0.25, -0.2) is 0 Å². The minimum absolute atomic E-state index is 0.0244. The molecule has 2 heterocycles. The Kier molecular flexibility index (Phi) is 5.77. The van der Waals surface area contributed by atoms with Gasteiger partial charge in [0, 0.05) is 43.2 Å². The fraction of sp³-hybridized carbons (Fsp3) is 0.591. The Hall–Kier alpha value is -2.37. The van der Waals surface area contributed by atoms with Crippen molar-refractivity contribution in [3.63, 3.8) is 0 Å². The van der Waals surface area contributed by atoms with Crippen LogP contribution >= 0.6 is 0 Å². The SMILES string of the molecule is Cc1ccccc1NC(=O)C1CCN(C(=O)C2CC(=O)N(C(C)(C)C)C2)CC1. The fourth-order valence-electron chi connectivity index (χ4n) is 4.09. The van der Waals surface area contributed by atoms with Crippen LogP contribution in [0.1, 0.15) is 45.6 Å². The molecular weight excluding hydrogens is 354 g/mol. The lowest BCUT2D eigenvalue weighted by atomic mass is 9.94. The minimum Gasteiger partial charge on any atom is -0.342 e. The number of amides is 3. The number of likely N-dealkylation sites (tertiary alicyclic amines) is 2. The van der Waals surface area contributed by atoms with E-state index in [0.29, 0.717) is 38.9 Å². The van der Waals surface area contributed by atoms with Gasteiger partial charge in [-0.1, -0.05) is 18.2 Å². The maximum Gasteiger partial charge on any atom is 0.227 e. The number of benzene rings is 1. The third-order valence-corrected chi connectivity index (χ3v) is 5.86. The van der Waals surface area contributed by atoms with Crippen LogP contribution in [0.5, 0.6) is 0 Å². The lowest BCUT2D eigenvalue weighted by Gasteiger charge is -2.34. The van der Waals surface area contributed by atoms with Crippen molar-refractivity contribution in [2.24, 2.45) is 11.8 Å². The molecule has 2 saturated heterocycles. The monoisotopic (exact) mass is 385 g/mol. The van der Waals surface area contributed by atoms with Crippen molar-refractivity contribution < 1.29 is 14.4 Å². The molecule has 1 aromatic rings. The highest BCUT2D eigenvalue weighted by molar-refractivity contribution is 5.93. The summed E-state index contributed by atoms with van der Waals surface area (Å²) < 4.78 is 0. The number of anilines is 1. The number of hydrogen-bond acceptors (Lipinski definition) is 3. The maximum absolute atomic E-state index is 12.9. The van der Waals surface area contributed by atoms with E-state index in [-0.39, 0.29) is 35.1 Å². The van der Waals surface area contributed by atoms with Crippen LogP contribution in [0.2, 0.25) is 0 Å². The second kappa shape index (κ2) is 7.94. The summed E-state index contributed by atoms with van der Waals surface area (Å²) >= 11 is 0. The summed E-state index contributed by atoms with van der Waals surface area (Å²) in [4.78, 5) is 41.4. The normalized spacial score (nSPS) is 21.1. The molecule has 0 radical (unpaired) electrons. The third-order valence-electron chi connectivity index (χ3n) is 5.86. The van der Waals surface area contributed by atoms with Gasteiger partial charge < -0.3 is 15.1 Å². The van der Waals surface area contributed by atoms with E-state index in [2.05, 4.69) is 5.32 Å². The first kappa shape index (κ1) is 20.4. The van der Waals surface area contributed by atoms with Gasteiger partial charge in [-0.3, -0.25) is 14.4 Å². The van der Waals surface area contributed by atoms with Gasteiger partial charge in [0.1, 0.15) is 0 Å². The number of para-hydroxylation sites is 1. The van der Waals surface area contributed by atoms with Crippen molar-refractivity contribution in [2.45, 2.75) is 52.5 Å². The minimum atomic E-state index is -0.260. The second-order valence-corrected chi connectivity index (χ2v) is 8.98. The Bertz CT molecular complexity index is 761. The van der Waals surface area contributed by atoms with Crippen LogP contribution < -0.4 is 5.32 Å². The second-order valence-electron chi connectivity index (χ2n) is 8.98. The molecule has 2 aliphatic heterocycles. The van der Waals surface area contributed by atoms with Crippen molar-refractivity contribution in [3.05, 3.63) is 29.8 Å². The van der Waals surface area contributed by atoms with Gasteiger partial charge in [-0.05, 0) is 52.2 Å². The van der Waals surface area contributed by atoms with E-state index >= 15 is 0 Å². The van der Waals surface area contributed by atoms with Crippen LogP contribution in [0.15, 0.2) is 24.3 Å². The van der Waals surface area contributed by atoms with Crippen molar-refractivity contribution in [2.75, 3.05) is 25.0 Å². The highest BCUT2D eigenvalue weighted by Gasteiger charge is 2.41. The number of carbonyl (C=O) groups excluding carboxylic acids is 3. The Labute approximate surface area is 167 Å². The van der Waals surface area contributed by atoms with Crippen molar-refractivity contribution >= 4 is 23.4 Å². The molecule has 2 aliphatic rings. The molecule has 28 heavy (non-hydrogen) atoms. The molecule has 1 atom stereocenters. The first-order valence-electron chi connectivity index (χ1n) is 10.1. The molecule has 0 spiro atoms. The maximum atomic E-state index is 12.9. The van der Waals surface area contributed by atoms with Crippen LogP contribution in [0.25, 0.3) is 0 Å². The molecule has 2 fully saturated rings. The number of nitrogens with one attached hydrogen (secondary N) is 1. The van der Waals surface area contributed by atoms with E-state index in [9.17, 15) is 14.4 Å². The zero-order valence-corrected chi connectivity index (χ0v) is 17.3. The number of aryl methyl sites for hydroxylation is 1. The predicted molar refractivity (Wildman–Crippen MR) is 109 cm³/mol. The highest BCUT2D eigenvalue weighted by Crippen LogP contribution is 2.29. The molecule has 1 aromatic carbocycles. The third kappa shape index (κ3) is 4.37. The molecule has 0 aromatic heterocycles. The summed E-state index contributed by atoms with van der Waals surface area (Å²) in [6, 6.07) is 7.74. The average Bonchev–Trinajstić information content (AvgIpc) is 3.05. The number of nitrogens with zero attached hydrogens (tertiary/aromatic N) is 2. The van der Waals surface area contributed by atoms with E-state index in [1.807, 2.05) is 56.9 Å². The standard InChI is InChI=1S/C22H31N3O3/c1-15-7-5-6-8-18(15)23-20(27)16-9-11-24(12-10-16)21(28)17-13-19(26)25(14-17)22(2,3)4/h5-8,16-17H,9-14H2,1-4H3,(H,23,27). The molecule has 0 bridgehead atoms. The van der Waals surface area contributed by atoms with E-state index in [1.165, 1.54) is 0 Å². The molecule has 0 aliphatic carbocycles. The van der Waals surface area contributed by atoms with Gasteiger partial charge >= 0.3 is 0 Å². The van der Waals surface area contributed by atoms with Crippen LogP contribution in [-0.2, 0) is 14.4 Å². The molecule has 3 rings (SSSR count). The summed E-state index contributed by atoms with van der Waals surface area (Å²) in [7, 11) is 0. The van der Waals surface area contributed by atoms with Gasteiger partial charge in [0.15, 0.2) is 0 Å². The van der Waals surface area contributed by atoms with E-state index in [4.69, 9.17) is 0 Å². The Morgan fingerprint density at radius 3 is 2.29 bits per heavy atom. The average molecular weight is 386 g/mol. The van der Waals surface area contributed by atoms with Gasteiger partial charge in [-0.15, -0.1) is 0 Å². The Morgan fingerprint density at radius 1 is 1.07 bits per heavy atom. The van der Waals surface area contributed by atoms with Crippen LogP contribution in [0.3, 0.4) is 0 Å². The summed E-state index contributed by atoms with van der Waals surface area (Å²) in [6.45, 7) is 9.61. The van der Waals surface area contributed by atoms with Crippen LogP contribution in [-0.4, -0.2) is 52.7 Å². The van der Waals surface area contributed by atoms with Gasteiger partial charge in [0.05, 0.1) is 5.92 Å². The summed E-state index contributed by atoms with van der Waals surface area (Å²) in [5.41, 5.74) is 1.63. The molecule has 1 unspecified atom stereocenters. The largest absolute Gasteiger partial charge is 0.342 e. The van der Waals surface area contributed by atoms with Gasteiger partial charge in [-0.2, -0.15) is 0 Å². The quantitative estimate of drug-likeness (QED) is 0.870. The number of piperidine rings is 1. The summed E-state index contributed by atoms with van der Waals surface area (Å²) in [5, 5.41) is 3.01. The summed E-state index contributed by atoms with van der Waals surface area (Å²) in [5.74, 6) is -0.212. The van der Waals surface area contributed by atoms with Gasteiger partial charge in [0.2, 0.25) is 17.7 Å². The van der Waals surface area contributed by atoms with Crippen molar-refractivity contribution in [3.8, 4) is 0 Å². The van der Waals surface area contributed by atoms with E-state index in [0.717, 1.165) is 11.3 Å². The lowest BCUT2D eigenvalue weighted by molar-refractivity contribution is -0.138. The fourth-order valence-corrected chi connectivity index (χ4v) is 4.09. The smallest absolute Gasteiger partial charge is 0.227 e. The predicted octanol–water partition coefficient (Wildman–Crippen LogP) is 2.82. The van der Waals surface area contributed by atoms with E-state index in [1.54, 1.807) is 4.90 Å². The molecular formula is C22H31N3O3. The zero-order valence-electron chi connectivity index (χ0n) is 17.3. The Balaban J connectivity index is 1.52. The first-order valence-corrected chi connectivity index (χ1v) is 10.1. The van der Waals surface area contributed by atoms with Crippen molar-refractivity contribution in [1.29, 1.82) is 0 Å². The van der Waals surface area contributed by atoms with E-state index < -0.39 is 0 Å². The number of rotatable bonds is 3. The molecule has 152 valence electrons. The first-order chi connectivity index (χ1) is 13.2. The molecule has 1 N–H and O–H groups in total. The molecule has 3 amide bonds. The highest BCUT2D eigenvalue weighted by atomic mass is 16.2. The van der Waals surface area contributed by atoms with Crippen molar-refractivity contribution in [1.82, 2.24) is 9.80 Å². The Morgan fingerprint density at radius 2 is 1.71 bits per heavy atom. The van der Waals surface area contributed by atoms with Crippen LogP contribution in [0.4, 0.5) is 5.69 Å². The number of hydrogen-bond donors (Lipinski definition) is 1. The number of carbonyl (C=O) groups is 3.